The van der Waals surface area contributed by atoms with E-state index in [-0.39, 0.29) is 5.69 Å². The number of alkyl halides is 2. The summed E-state index contributed by atoms with van der Waals surface area (Å²) in [6.07, 6.45) is -1.90. The molecule has 0 bridgehead atoms. The molecule has 3 atom stereocenters. The van der Waals surface area contributed by atoms with Gasteiger partial charge in [0.2, 0.25) is 6.30 Å². The SMILES string of the molecule is CC(C)(O)c1ccc(N2CCN(c3ccc(-c4ccc(C(F)C(O)C(F)n5cnnn5)nc4)cc3)CC2)cn1. The van der Waals surface area contributed by atoms with Crippen LogP contribution in [-0.2, 0) is 5.60 Å². The van der Waals surface area contributed by atoms with Crippen molar-refractivity contribution in [2.24, 2.45) is 0 Å². The van der Waals surface area contributed by atoms with Crippen molar-refractivity contribution < 1.29 is 19.0 Å². The number of rotatable bonds is 8. The van der Waals surface area contributed by atoms with Gasteiger partial charge in [0, 0.05) is 43.6 Å². The highest BCUT2D eigenvalue weighted by molar-refractivity contribution is 5.66. The molecule has 4 heterocycles. The van der Waals surface area contributed by atoms with Crippen LogP contribution in [0.25, 0.3) is 11.1 Å². The number of piperazine rings is 1. The zero-order valence-corrected chi connectivity index (χ0v) is 21.6. The summed E-state index contributed by atoms with van der Waals surface area (Å²) in [5.41, 5.74) is 3.41. The first-order valence-corrected chi connectivity index (χ1v) is 12.6. The molecule has 0 radical (unpaired) electrons. The van der Waals surface area contributed by atoms with Crippen LogP contribution in [0.4, 0.5) is 20.2 Å². The minimum absolute atomic E-state index is 0.0821. The van der Waals surface area contributed by atoms with Gasteiger partial charge < -0.3 is 20.0 Å². The normalized spacial score (nSPS) is 16.7. The smallest absolute Gasteiger partial charge is 0.224 e. The van der Waals surface area contributed by atoms with E-state index in [9.17, 15) is 19.0 Å². The molecule has 204 valence electrons. The molecule has 12 heteroatoms. The van der Waals surface area contributed by atoms with Crippen molar-refractivity contribution in [2.45, 2.75) is 38.0 Å². The Kier molecular flexibility index (Phi) is 7.49. The Morgan fingerprint density at radius 3 is 2.00 bits per heavy atom. The van der Waals surface area contributed by atoms with E-state index >= 15 is 0 Å². The van der Waals surface area contributed by atoms with Crippen LogP contribution in [0.1, 0.15) is 37.7 Å². The highest BCUT2D eigenvalue weighted by atomic mass is 19.1. The molecule has 0 spiro atoms. The van der Waals surface area contributed by atoms with Crippen LogP contribution in [0.5, 0.6) is 0 Å². The van der Waals surface area contributed by atoms with Crippen LogP contribution in [0.3, 0.4) is 0 Å². The summed E-state index contributed by atoms with van der Waals surface area (Å²) in [5.74, 6) is 0. The number of benzene rings is 1. The lowest BCUT2D eigenvalue weighted by Crippen LogP contribution is -2.46. The lowest BCUT2D eigenvalue weighted by atomic mass is 10.0. The maximum absolute atomic E-state index is 14.7. The third-order valence-electron chi connectivity index (χ3n) is 6.85. The zero-order chi connectivity index (χ0) is 27.6. The van der Waals surface area contributed by atoms with Gasteiger partial charge in [-0.15, -0.1) is 5.10 Å². The molecule has 5 rings (SSSR count). The van der Waals surface area contributed by atoms with Gasteiger partial charge in [0.1, 0.15) is 18.0 Å². The lowest BCUT2D eigenvalue weighted by molar-refractivity contribution is -0.0294. The molecular formula is C27H30F2N8O2. The highest BCUT2D eigenvalue weighted by Gasteiger charge is 2.32. The molecule has 2 N–H and O–H groups in total. The number of halogens is 2. The standard InChI is InChI=1S/C27H30F2N8O2/c1-27(2,39)23-10-8-21(16-31-23)36-13-11-35(12-14-36)20-6-3-18(4-7-20)19-5-9-22(30-15-19)24(28)25(38)26(29)37-17-32-33-34-37/h3-10,15-17,24-26,38-39H,11-14H2,1-2H3. The first-order chi connectivity index (χ1) is 18.7. The van der Waals surface area contributed by atoms with Crippen molar-refractivity contribution in [3.63, 3.8) is 0 Å². The number of aliphatic hydroxyl groups is 2. The second-order valence-electron chi connectivity index (χ2n) is 10.0. The molecule has 4 aromatic rings. The first-order valence-electron chi connectivity index (χ1n) is 12.6. The van der Waals surface area contributed by atoms with Gasteiger partial charge in [-0.1, -0.05) is 18.2 Å². The van der Waals surface area contributed by atoms with E-state index in [1.807, 2.05) is 42.6 Å². The Morgan fingerprint density at radius 1 is 0.821 bits per heavy atom. The maximum atomic E-state index is 14.7. The average molecular weight is 537 g/mol. The maximum Gasteiger partial charge on any atom is 0.224 e. The molecule has 39 heavy (non-hydrogen) atoms. The summed E-state index contributed by atoms with van der Waals surface area (Å²) in [5, 5.41) is 30.1. The van der Waals surface area contributed by atoms with Crippen LogP contribution in [-0.4, -0.2) is 72.7 Å². The van der Waals surface area contributed by atoms with E-state index in [4.69, 9.17) is 0 Å². The largest absolute Gasteiger partial charge is 0.385 e. The summed E-state index contributed by atoms with van der Waals surface area (Å²) in [7, 11) is 0. The Hall–Kier alpha value is -4.03. The predicted molar refractivity (Wildman–Crippen MR) is 141 cm³/mol. The fourth-order valence-electron chi connectivity index (χ4n) is 4.51. The van der Waals surface area contributed by atoms with E-state index in [1.54, 1.807) is 19.9 Å². The van der Waals surface area contributed by atoms with Crippen molar-refractivity contribution in [3.05, 3.63) is 78.6 Å². The lowest BCUT2D eigenvalue weighted by Gasteiger charge is -2.37. The predicted octanol–water partition coefficient (Wildman–Crippen LogP) is 3.22. The minimum Gasteiger partial charge on any atom is -0.385 e. The number of pyridine rings is 2. The number of anilines is 2. The second-order valence-corrected chi connectivity index (χ2v) is 10.0. The van der Waals surface area contributed by atoms with Crippen LogP contribution in [0.15, 0.2) is 67.3 Å². The van der Waals surface area contributed by atoms with Gasteiger partial charge in [-0.25, -0.2) is 8.78 Å². The van der Waals surface area contributed by atoms with E-state index in [0.717, 1.165) is 55.0 Å². The number of hydrogen-bond donors (Lipinski definition) is 2. The molecule has 1 aromatic carbocycles. The third kappa shape index (κ3) is 5.86. The van der Waals surface area contributed by atoms with Gasteiger partial charge >= 0.3 is 0 Å². The van der Waals surface area contributed by atoms with Gasteiger partial charge in [0.15, 0.2) is 6.17 Å². The fourth-order valence-corrected chi connectivity index (χ4v) is 4.51. The zero-order valence-electron chi connectivity index (χ0n) is 21.6. The Bertz CT molecular complexity index is 1340. The highest BCUT2D eigenvalue weighted by Crippen LogP contribution is 2.30. The third-order valence-corrected chi connectivity index (χ3v) is 6.85. The summed E-state index contributed by atoms with van der Waals surface area (Å²) in [6, 6.07) is 15.0. The number of aromatic nitrogens is 6. The van der Waals surface area contributed by atoms with Crippen LogP contribution >= 0.6 is 0 Å². The molecule has 0 aliphatic carbocycles. The second kappa shape index (κ2) is 11.0. The molecule has 10 nitrogen and oxygen atoms in total. The van der Waals surface area contributed by atoms with E-state index in [1.165, 1.54) is 12.3 Å². The van der Waals surface area contributed by atoms with E-state index in [0.29, 0.717) is 10.4 Å². The molecule has 0 amide bonds. The molecule has 3 aromatic heterocycles. The van der Waals surface area contributed by atoms with Crippen molar-refractivity contribution in [2.75, 3.05) is 36.0 Å². The molecule has 3 unspecified atom stereocenters. The molecule has 1 fully saturated rings. The topological polar surface area (TPSA) is 116 Å². The quantitative estimate of drug-likeness (QED) is 0.350. The summed E-state index contributed by atoms with van der Waals surface area (Å²) in [6.45, 7) is 6.84. The Balaban J connectivity index is 1.18. The average Bonchev–Trinajstić information content (AvgIpc) is 3.51. The molecule has 1 saturated heterocycles. The van der Waals surface area contributed by atoms with E-state index < -0.39 is 24.2 Å². The van der Waals surface area contributed by atoms with Crippen LogP contribution < -0.4 is 9.80 Å². The van der Waals surface area contributed by atoms with Crippen molar-refractivity contribution >= 4 is 11.4 Å². The van der Waals surface area contributed by atoms with Gasteiger partial charge in [0.05, 0.1) is 23.3 Å². The molecule has 1 aliphatic rings. The first kappa shape index (κ1) is 26.6. The summed E-state index contributed by atoms with van der Waals surface area (Å²) in [4.78, 5) is 13.1. The van der Waals surface area contributed by atoms with Crippen LogP contribution in [0, 0.1) is 0 Å². The Morgan fingerprint density at radius 2 is 1.46 bits per heavy atom. The molecular weight excluding hydrogens is 506 g/mol. The number of aliphatic hydroxyl groups excluding tert-OH is 1. The van der Waals surface area contributed by atoms with Crippen molar-refractivity contribution in [1.29, 1.82) is 0 Å². The van der Waals surface area contributed by atoms with Gasteiger partial charge in [0.25, 0.3) is 0 Å². The number of nitrogens with zero attached hydrogens (tertiary/aromatic N) is 8. The van der Waals surface area contributed by atoms with Gasteiger partial charge in [-0.2, -0.15) is 4.68 Å². The molecule has 1 aliphatic heterocycles. The monoisotopic (exact) mass is 536 g/mol. The molecule has 0 saturated carbocycles. The summed E-state index contributed by atoms with van der Waals surface area (Å²) < 4.78 is 29.6. The Labute approximate surface area is 224 Å². The number of hydrogen-bond acceptors (Lipinski definition) is 9. The summed E-state index contributed by atoms with van der Waals surface area (Å²) >= 11 is 0. The fraction of sp³-hybridized carbons (Fsp3) is 0.370. The van der Waals surface area contributed by atoms with Crippen LogP contribution in [0.2, 0.25) is 0 Å². The number of tetrazole rings is 1. The van der Waals surface area contributed by atoms with Crippen molar-refractivity contribution in [1.82, 2.24) is 30.2 Å². The minimum atomic E-state index is -2.14. The van der Waals surface area contributed by atoms with Gasteiger partial charge in [-0.05, 0) is 60.2 Å². The van der Waals surface area contributed by atoms with Crippen molar-refractivity contribution in [3.8, 4) is 11.1 Å². The van der Waals surface area contributed by atoms with E-state index in [2.05, 4.69) is 35.3 Å². The van der Waals surface area contributed by atoms with Gasteiger partial charge in [-0.3, -0.25) is 9.97 Å².